The lowest BCUT2D eigenvalue weighted by molar-refractivity contribution is 0.0912. The van der Waals surface area contributed by atoms with Crippen molar-refractivity contribution in [1.29, 1.82) is 0 Å². The lowest BCUT2D eigenvalue weighted by Gasteiger charge is -2.16. The fourth-order valence-corrected chi connectivity index (χ4v) is 2.31. The minimum atomic E-state index is 0.185. The molecule has 0 fully saturated rings. The maximum absolute atomic E-state index is 12.1. The molecular weight excluding hydrogens is 252 g/mol. The fraction of sp³-hybridized carbons (Fsp3) is 0.308. The van der Waals surface area contributed by atoms with Crippen LogP contribution in [0.4, 0.5) is 0 Å². The highest BCUT2D eigenvalue weighted by atomic mass is 79.9. The van der Waals surface area contributed by atoms with Gasteiger partial charge >= 0.3 is 0 Å². The molecule has 0 N–H and O–H groups in total. The molecule has 0 aliphatic heterocycles. The Bertz CT molecular complexity index is 395. The van der Waals surface area contributed by atoms with Crippen LogP contribution in [0.25, 0.3) is 0 Å². The molecule has 78 valence electrons. The first-order valence-corrected chi connectivity index (χ1v) is 6.01. The molecule has 0 saturated carbocycles. The first kappa shape index (κ1) is 10.6. The second kappa shape index (κ2) is 4.75. The van der Waals surface area contributed by atoms with Crippen LogP contribution in [-0.4, -0.2) is 5.78 Å². The second-order valence-corrected chi connectivity index (χ2v) is 4.77. The predicted molar refractivity (Wildman–Crippen MR) is 65.0 cm³/mol. The van der Waals surface area contributed by atoms with Crippen LogP contribution in [0.2, 0.25) is 0 Å². The van der Waals surface area contributed by atoms with Crippen LogP contribution >= 0.6 is 15.9 Å². The first-order chi connectivity index (χ1) is 7.27. The minimum Gasteiger partial charge on any atom is -0.294 e. The molecule has 1 unspecified atom stereocenters. The molecule has 0 saturated heterocycles. The van der Waals surface area contributed by atoms with Crippen molar-refractivity contribution in [2.75, 3.05) is 0 Å². The average Bonchev–Trinajstić information content (AvgIpc) is 2.29. The van der Waals surface area contributed by atoms with E-state index in [2.05, 4.69) is 28.1 Å². The summed E-state index contributed by atoms with van der Waals surface area (Å²) in [5.74, 6) is 0.463. The highest BCUT2D eigenvalue weighted by molar-refractivity contribution is 9.10. The van der Waals surface area contributed by atoms with Crippen molar-refractivity contribution in [3.05, 3.63) is 46.5 Å². The van der Waals surface area contributed by atoms with Crippen molar-refractivity contribution in [1.82, 2.24) is 0 Å². The number of allylic oxidation sites excluding steroid dienone is 2. The quantitative estimate of drug-likeness (QED) is 0.583. The highest BCUT2D eigenvalue weighted by Gasteiger charge is 2.19. The van der Waals surface area contributed by atoms with Gasteiger partial charge in [0.1, 0.15) is 0 Å². The first-order valence-electron chi connectivity index (χ1n) is 5.22. The van der Waals surface area contributed by atoms with Gasteiger partial charge in [-0.3, -0.25) is 4.79 Å². The van der Waals surface area contributed by atoms with Crippen molar-refractivity contribution in [3.63, 3.8) is 0 Å². The van der Waals surface area contributed by atoms with E-state index >= 15 is 0 Å². The number of halogens is 1. The third-order valence-corrected chi connectivity index (χ3v) is 3.24. The van der Waals surface area contributed by atoms with Crippen molar-refractivity contribution >= 4 is 21.7 Å². The molecule has 0 amide bonds. The molecule has 2 rings (SSSR count). The van der Waals surface area contributed by atoms with E-state index in [1.165, 1.54) is 0 Å². The number of Topliss-reactive ketones (excluding diaryl/α,β-unsaturated/α-hetero) is 1. The zero-order chi connectivity index (χ0) is 10.7. The van der Waals surface area contributed by atoms with Gasteiger partial charge in [0.2, 0.25) is 0 Å². The van der Waals surface area contributed by atoms with Gasteiger partial charge in [-0.15, -0.1) is 0 Å². The molecule has 0 aromatic heterocycles. The van der Waals surface area contributed by atoms with Crippen LogP contribution in [0.15, 0.2) is 40.9 Å². The molecule has 1 aliphatic carbocycles. The molecule has 1 aromatic rings. The largest absolute Gasteiger partial charge is 0.294 e. The number of rotatable bonds is 2. The summed E-state index contributed by atoms with van der Waals surface area (Å²) in [6, 6.07) is 7.65. The molecule has 2 heteroatoms. The summed E-state index contributed by atoms with van der Waals surface area (Å²) < 4.78 is 0.972. The third-order valence-electron chi connectivity index (χ3n) is 2.75. The zero-order valence-corrected chi connectivity index (χ0v) is 10.0. The minimum absolute atomic E-state index is 0.185. The number of carbonyl (C=O) groups is 1. The highest BCUT2D eigenvalue weighted by Crippen LogP contribution is 2.23. The van der Waals surface area contributed by atoms with E-state index in [0.717, 1.165) is 29.3 Å². The summed E-state index contributed by atoms with van der Waals surface area (Å²) in [5.41, 5.74) is 0.824. The van der Waals surface area contributed by atoms with Crippen LogP contribution in [-0.2, 0) is 0 Å². The third kappa shape index (κ3) is 2.57. The Labute approximate surface area is 98.3 Å². The fourth-order valence-electron chi connectivity index (χ4n) is 1.91. The summed E-state index contributed by atoms with van der Waals surface area (Å²) in [6.45, 7) is 0. The molecule has 15 heavy (non-hydrogen) atoms. The van der Waals surface area contributed by atoms with Crippen LogP contribution in [0.5, 0.6) is 0 Å². The standard InChI is InChI=1S/C13H13BrO/c14-12-8-4-7-11(9-12)13(15)10-5-2-1-3-6-10/h1-2,4,7-10H,3,5-6H2. The van der Waals surface area contributed by atoms with Crippen molar-refractivity contribution in [2.24, 2.45) is 5.92 Å². The maximum atomic E-state index is 12.1. The summed E-state index contributed by atoms with van der Waals surface area (Å²) in [5, 5.41) is 0. The summed E-state index contributed by atoms with van der Waals surface area (Å²) >= 11 is 3.39. The molecular formula is C13H13BrO. The van der Waals surface area contributed by atoms with E-state index in [0.29, 0.717) is 0 Å². The van der Waals surface area contributed by atoms with Gasteiger partial charge in [-0.2, -0.15) is 0 Å². The molecule has 0 radical (unpaired) electrons. The topological polar surface area (TPSA) is 17.1 Å². The molecule has 0 spiro atoms. The van der Waals surface area contributed by atoms with Gasteiger partial charge in [-0.05, 0) is 31.4 Å². The average molecular weight is 265 g/mol. The van der Waals surface area contributed by atoms with Gasteiger partial charge in [-0.25, -0.2) is 0 Å². The maximum Gasteiger partial charge on any atom is 0.166 e. The Morgan fingerprint density at radius 2 is 2.20 bits per heavy atom. The lowest BCUT2D eigenvalue weighted by atomic mass is 9.87. The van der Waals surface area contributed by atoms with E-state index in [1.807, 2.05) is 24.3 Å². The SMILES string of the molecule is O=C(c1cccc(Br)c1)C1CC=CCC1. The Hall–Kier alpha value is -0.890. The predicted octanol–water partition coefficient (Wildman–Crippen LogP) is 3.99. The van der Waals surface area contributed by atoms with Crippen LogP contribution < -0.4 is 0 Å². The van der Waals surface area contributed by atoms with Gasteiger partial charge in [0.05, 0.1) is 0 Å². The summed E-state index contributed by atoms with van der Waals surface area (Å²) in [6.07, 6.45) is 7.19. The monoisotopic (exact) mass is 264 g/mol. The van der Waals surface area contributed by atoms with E-state index in [4.69, 9.17) is 0 Å². The molecule has 1 nitrogen and oxygen atoms in total. The van der Waals surface area contributed by atoms with Gasteiger partial charge in [0.15, 0.2) is 5.78 Å². The van der Waals surface area contributed by atoms with Crippen molar-refractivity contribution < 1.29 is 4.79 Å². The van der Waals surface area contributed by atoms with E-state index in [-0.39, 0.29) is 11.7 Å². The smallest absolute Gasteiger partial charge is 0.166 e. The normalized spacial score (nSPS) is 20.2. The molecule has 1 aliphatic rings. The van der Waals surface area contributed by atoms with Gasteiger partial charge < -0.3 is 0 Å². The molecule has 1 aromatic carbocycles. The second-order valence-electron chi connectivity index (χ2n) is 3.86. The van der Waals surface area contributed by atoms with E-state index < -0.39 is 0 Å². The zero-order valence-electron chi connectivity index (χ0n) is 8.45. The lowest BCUT2D eigenvalue weighted by Crippen LogP contribution is -2.15. The molecule has 0 heterocycles. The van der Waals surface area contributed by atoms with Crippen LogP contribution in [0.3, 0.4) is 0 Å². The van der Waals surface area contributed by atoms with Crippen molar-refractivity contribution in [2.45, 2.75) is 19.3 Å². The van der Waals surface area contributed by atoms with Crippen molar-refractivity contribution in [3.8, 4) is 0 Å². The summed E-state index contributed by atoms with van der Waals surface area (Å²) in [4.78, 5) is 12.1. The number of benzene rings is 1. The number of hydrogen-bond acceptors (Lipinski definition) is 1. The number of ketones is 1. The Morgan fingerprint density at radius 1 is 1.33 bits per heavy atom. The van der Waals surface area contributed by atoms with Gasteiger partial charge in [0, 0.05) is 16.0 Å². The van der Waals surface area contributed by atoms with Gasteiger partial charge in [-0.1, -0.05) is 40.2 Å². The van der Waals surface area contributed by atoms with Crippen LogP contribution in [0.1, 0.15) is 29.6 Å². The molecule has 1 atom stereocenters. The number of carbonyl (C=O) groups excluding carboxylic acids is 1. The Morgan fingerprint density at radius 3 is 2.87 bits per heavy atom. The Kier molecular flexibility index (Phi) is 3.37. The van der Waals surface area contributed by atoms with Crippen LogP contribution in [0, 0.1) is 5.92 Å². The van der Waals surface area contributed by atoms with E-state index in [1.54, 1.807) is 0 Å². The molecule has 0 bridgehead atoms. The van der Waals surface area contributed by atoms with Gasteiger partial charge in [0.25, 0.3) is 0 Å². The van der Waals surface area contributed by atoms with E-state index in [9.17, 15) is 4.79 Å². The number of hydrogen-bond donors (Lipinski definition) is 0. The summed E-state index contributed by atoms with van der Waals surface area (Å²) in [7, 11) is 0. The Balaban J connectivity index is 2.16.